The average Bonchev–Trinajstić information content (AvgIpc) is 3.02. The van der Waals surface area contributed by atoms with Gasteiger partial charge in [-0.2, -0.15) is 0 Å². The Morgan fingerprint density at radius 2 is 2.00 bits per heavy atom. The number of aliphatic hydroxyl groups excluding tert-OH is 2. The highest BCUT2D eigenvalue weighted by atomic mass is 16.4. The number of oxime groups is 1. The maximum absolute atomic E-state index is 10.5. The molecule has 29 heavy (non-hydrogen) atoms. The zero-order chi connectivity index (χ0) is 21.1. The Labute approximate surface area is 171 Å². The van der Waals surface area contributed by atoms with E-state index in [1.54, 1.807) is 6.08 Å². The van der Waals surface area contributed by atoms with Crippen LogP contribution in [0.15, 0.2) is 59.8 Å². The van der Waals surface area contributed by atoms with Crippen LogP contribution in [0.2, 0.25) is 0 Å². The number of rotatable bonds is 11. The van der Waals surface area contributed by atoms with Crippen LogP contribution >= 0.6 is 0 Å². The van der Waals surface area contributed by atoms with Crippen molar-refractivity contribution in [3.8, 4) is 0 Å². The van der Waals surface area contributed by atoms with Crippen molar-refractivity contribution in [3.63, 3.8) is 0 Å². The number of benzene rings is 1. The maximum Gasteiger partial charge on any atom is 0.303 e. The predicted molar refractivity (Wildman–Crippen MR) is 112 cm³/mol. The number of hydrogen-bond donors (Lipinski definition) is 4. The lowest BCUT2D eigenvalue weighted by Gasteiger charge is -2.18. The number of allylic oxidation sites excluding steroid dienone is 3. The highest BCUT2D eigenvalue weighted by Crippen LogP contribution is 2.34. The molecule has 1 aromatic rings. The molecule has 158 valence electrons. The summed E-state index contributed by atoms with van der Waals surface area (Å²) in [5, 5.41) is 41.9. The second-order valence-electron chi connectivity index (χ2n) is 7.52. The van der Waals surface area contributed by atoms with Crippen molar-refractivity contribution >= 4 is 11.7 Å². The Morgan fingerprint density at radius 1 is 1.24 bits per heavy atom. The summed E-state index contributed by atoms with van der Waals surface area (Å²) in [5.74, 6) is -1.16. The van der Waals surface area contributed by atoms with Crippen LogP contribution in [0.1, 0.15) is 44.1 Å². The zero-order valence-electron chi connectivity index (χ0n) is 16.6. The van der Waals surface area contributed by atoms with Crippen LogP contribution in [0.4, 0.5) is 0 Å². The van der Waals surface area contributed by atoms with Gasteiger partial charge < -0.3 is 20.5 Å². The van der Waals surface area contributed by atoms with E-state index in [0.29, 0.717) is 37.8 Å². The lowest BCUT2D eigenvalue weighted by molar-refractivity contribution is -0.137. The zero-order valence-corrected chi connectivity index (χ0v) is 16.6. The van der Waals surface area contributed by atoms with Crippen molar-refractivity contribution in [3.05, 3.63) is 60.2 Å². The summed E-state index contributed by atoms with van der Waals surface area (Å²) in [6.07, 6.45) is 9.88. The highest BCUT2D eigenvalue weighted by molar-refractivity contribution is 5.90. The Kier molecular flexibility index (Phi) is 9.60. The van der Waals surface area contributed by atoms with Crippen LogP contribution in [0.25, 0.3) is 0 Å². The fourth-order valence-electron chi connectivity index (χ4n) is 3.70. The SMILES string of the molecule is O=C(O)CCC/C=C\CC1C(O)C/C(=N/O)C1/C=C/C(O)CCc1ccccc1. The molecular weight excluding hydrogens is 370 g/mol. The number of aryl methyl sites for hydroxylation is 1. The van der Waals surface area contributed by atoms with Crippen molar-refractivity contribution in [2.24, 2.45) is 17.0 Å². The summed E-state index contributed by atoms with van der Waals surface area (Å²) >= 11 is 0. The lowest BCUT2D eigenvalue weighted by Crippen LogP contribution is -2.19. The summed E-state index contributed by atoms with van der Waals surface area (Å²) < 4.78 is 0. The summed E-state index contributed by atoms with van der Waals surface area (Å²) in [6, 6.07) is 9.96. The molecule has 0 radical (unpaired) electrons. The Balaban J connectivity index is 1.89. The number of aliphatic carboxylic acids is 1. The van der Waals surface area contributed by atoms with E-state index in [1.807, 2.05) is 48.6 Å². The molecule has 0 bridgehead atoms. The number of carboxylic acids is 1. The van der Waals surface area contributed by atoms with E-state index < -0.39 is 18.2 Å². The first-order valence-corrected chi connectivity index (χ1v) is 10.2. The molecule has 4 unspecified atom stereocenters. The molecule has 0 amide bonds. The molecule has 0 spiro atoms. The fourth-order valence-corrected chi connectivity index (χ4v) is 3.70. The van der Waals surface area contributed by atoms with Crippen molar-refractivity contribution in [1.29, 1.82) is 0 Å². The number of unbranched alkanes of at least 4 members (excludes halogenated alkanes) is 1. The van der Waals surface area contributed by atoms with Gasteiger partial charge in [0.05, 0.1) is 17.9 Å². The third-order valence-electron chi connectivity index (χ3n) is 5.34. The van der Waals surface area contributed by atoms with Gasteiger partial charge in [-0.1, -0.05) is 59.8 Å². The van der Waals surface area contributed by atoms with E-state index in [9.17, 15) is 20.2 Å². The average molecular weight is 402 g/mol. The van der Waals surface area contributed by atoms with Crippen molar-refractivity contribution in [1.82, 2.24) is 0 Å². The molecule has 1 saturated carbocycles. The minimum atomic E-state index is -0.801. The Bertz CT molecular complexity index is 713. The third-order valence-corrected chi connectivity index (χ3v) is 5.34. The van der Waals surface area contributed by atoms with Gasteiger partial charge in [0.25, 0.3) is 0 Å². The highest BCUT2D eigenvalue weighted by Gasteiger charge is 2.38. The molecule has 1 fully saturated rings. The number of carbonyl (C=O) groups is 1. The van der Waals surface area contributed by atoms with Gasteiger partial charge in [0.2, 0.25) is 0 Å². The van der Waals surface area contributed by atoms with E-state index in [-0.39, 0.29) is 18.3 Å². The van der Waals surface area contributed by atoms with E-state index in [2.05, 4.69) is 5.16 Å². The molecule has 1 aliphatic rings. The van der Waals surface area contributed by atoms with Gasteiger partial charge in [0.1, 0.15) is 0 Å². The quantitative estimate of drug-likeness (QED) is 0.196. The number of carboxylic acid groups (broad SMARTS) is 1. The second-order valence-corrected chi connectivity index (χ2v) is 7.52. The molecule has 4 atom stereocenters. The lowest BCUT2D eigenvalue weighted by atomic mass is 9.89. The first-order chi connectivity index (χ1) is 14.0. The van der Waals surface area contributed by atoms with Crippen LogP contribution in [0.5, 0.6) is 0 Å². The van der Waals surface area contributed by atoms with Gasteiger partial charge in [0.15, 0.2) is 0 Å². The molecule has 1 aliphatic carbocycles. The van der Waals surface area contributed by atoms with Crippen molar-refractivity contribution < 1.29 is 25.3 Å². The third kappa shape index (κ3) is 7.83. The molecule has 2 rings (SSSR count). The van der Waals surface area contributed by atoms with E-state index >= 15 is 0 Å². The van der Waals surface area contributed by atoms with Gasteiger partial charge in [0, 0.05) is 24.7 Å². The summed E-state index contributed by atoms with van der Waals surface area (Å²) in [6.45, 7) is 0. The fraction of sp³-hybridized carbons (Fsp3) is 0.478. The monoisotopic (exact) mass is 401 g/mol. The van der Waals surface area contributed by atoms with Crippen LogP contribution in [0.3, 0.4) is 0 Å². The molecule has 1 aromatic carbocycles. The Hall–Kier alpha value is -2.44. The topological polar surface area (TPSA) is 110 Å². The molecule has 0 aliphatic heterocycles. The van der Waals surface area contributed by atoms with Crippen LogP contribution in [0, 0.1) is 11.8 Å². The smallest absolute Gasteiger partial charge is 0.303 e. The largest absolute Gasteiger partial charge is 0.481 e. The van der Waals surface area contributed by atoms with E-state index in [1.165, 1.54) is 5.56 Å². The molecule has 0 saturated heterocycles. The molecule has 4 N–H and O–H groups in total. The van der Waals surface area contributed by atoms with Crippen molar-refractivity contribution in [2.75, 3.05) is 0 Å². The first-order valence-electron chi connectivity index (χ1n) is 10.2. The number of nitrogens with zero attached hydrogens (tertiary/aromatic N) is 1. The van der Waals surface area contributed by atoms with Gasteiger partial charge in [-0.05, 0) is 37.7 Å². The number of aliphatic hydroxyl groups is 2. The summed E-state index contributed by atoms with van der Waals surface area (Å²) in [4.78, 5) is 10.5. The van der Waals surface area contributed by atoms with Crippen LogP contribution in [-0.2, 0) is 11.2 Å². The molecular formula is C23H31NO5. The van der Waals surface area contributed by atoms with E-state index in [0.717, 1.165) is 6.42 Å². The van der Waals surface area contributed by atoms with Crippen LogP contribution in [-0.4, -0.2) is 44.4 Å². The number of hydrogen-bond acceptors (Lipinski definition) is 5. The normalized spacial score (nSPS) is 24.6. The van der Waals surface area contributed by atoms with E-state index in [4.69, 9.17) is 5.11 Å². The molecule has 0 aromatic heterocycles. The second kappa shape index (κ2) is 12.2. The van der Waals surface area contributed by atoms with Gasteiger partial charge >= 0.3 is 5.97 Å². The minimum Gasteiger partial charge on any atom is -0.481 e. The molecule has 6 heteroatoms. The van der Waals surface area contributed by atoms with Crippen molar-refractivity contribution in [2.45, 2.75) is 57.2 Å². The maximum atomic E-state index is 10.5. The van der Waals surface area contributed by atoms with Crippen LogP contribution < -0.4 is 0 Å². The summed E-state index contributed by atoms with van der Waals surface area (Å²) in [5.41, 5.74) is 1.69. The van der Waals surface area contributed by atoms with Gasteiger partial charge in [-0.25, -0.2) is 0 Å². The molecule has 0 heterocycles. The summed E-state index contributed by atoms with van der Waals surface area (Å²) in [7, 11) is 0. The molecule has 6 nitrogen and oxygen atoms in total. The standard InChI is InChI=1S/C23H31NO5/c25-18(13-12-17-8-4-3-5-9-17)14-15-19-20(22(26)16-21(19)24-29)10-6-1-2-7-11-23(27)28/h1,3-6,8-9,14-15,18-20,22,25-26,29H,2,7,10-13,16H2,(H,27,28)/b6-1-,15-14+,24-21-. The van der Waals surface area contributed by atoms with Gasteiger partial charge in [-0.3, -0.25) is 4.79 Å². The van der Waals surface area contributed by atoms with Gasteiger partial charge in [-0.15, -0.1) is 0 Å². The predicted octanol–water partition coefficient (Wildman–Crippen LogP) is 3.56. The first kappa shape index (κ1) is 22.8. The Morgan fingerprint density at radius 3 is 2.69 bits per heavy atom. The minimum absolute atomic E-state index is 0.130.